The molecule has 0 aliphatic heterocycles. The molecule has 0 bridgehead atoms. The second kappa shape index (κ2) is 10.7. The predicted molar refractivity (Wildman–Crippen MR) is 142 cm³/mol. The molecule has 0 radical (unpaired) electrons. The highest BCUT2D eigenvalue weighted by atomic mass is 35.5. The average Bonchev–Trinajstić information content (AvgIpc) is 3.15. The molecule has 3 fully saturated rings. The molecule has 180 valence electrons. The molecule has 1 N–H and O–H groups in total. The summed E-state index contributed by atoms with van der Waals surface area (Å²) >= 11 is 12.3. The number of hydrogen-bond acceptors (Lipinski definition) is 1. The number of rotatable bonds is 6. The van der Waals surface area contributed by atoms with Gasteiger partial charge in [-0.1, -0.05) is 73.8 Å². The standard InChI is InChI=1S/C30H40Cl2O/c1-20(7-4-8-22-12-17-27(31)28(32)19-22)25-15-16-26-24(10-6-18-30(25,26)3)14-13-23-9-5-11-29(33)21(23)2/h12-14,17,19-20,25-26,29,33H,2,4-11,15-16,18H2,1,3H3/b23-13-,24-14+/t20-,25?,26?,29+,30?/m1/s1. The number of aliphatic hydroxyl groups is 1. The van der Waals surface area contributed by atoms with Crippen LogP contribution in [0.15, 0.2) is 53.6 Å². The molecular formula is C30H40Cl2O. The molecule has 0 amide bonds. The number of benzene rings is 1. The van der Waals surface area contributed by atoms with Crippen LogP contribution in [0.5, 0.6) is 0 Å². The first-order valence-electron chi connectivity index (χ1n) is 13.0. The zero-order chi connectivity index (χ0) is 23.6. The Morgan fingerprint density at radius 1 is 1.12 bits per heavy atom. The summed E-state index contributed by atoms with van der Waals surface area (Å²) in [4.78, 5) is 0. The monoisotopic (exact) mass is 486 g/mol. The van der Waals surface area contributed by atoms with Crippen molar-refractivity contribution in [2.45, 2.75) is 90.6 Å². The third-order valence-electron chi connectivity index (χ3n) is 9.07. The van der Waals surface area contributed by atoms with Crippen molar-refractivity contribution in [2.75, 3.05) is 0 Å². The first-order chi connectivity index (χ1) is 15.8. The summed E-state index contributed by atoms with van der Waals surface area (Å²) in [7, 11) is 0. The van der Waals surface area contributed by atoms with E-state index in [2.05, 4.69) is 38.6 Å². The number of hydrogen-bond donors (Lipinski definition) is 1. The van der Waals surface area contributed by atoms with Crippen molar-refractivity contribution in [3.05, 3.63) is 69.3 Å². The Morgan fingerprint density at radius 2 is 1.94 bits per heavy atom. The van der Waals surface area contributed by atoms with Crippen LogP contribution in [0.3, 0.4) is 0 Å². The summed E-state index contributed by atoms with van der Waals surface area (Å²) in [5.74, 6) is 2.26. The molecule has 3 aliphatic carbocycles. The Bertz CT molecular complexity index is 929. The molecule has 33 heavy (non-hydrogen) atoms. The lowest BCUT2D eigenvalue weighted by Crippen LogP contribution is -2.36. The minimum absolute atomic E-state index is 0.347. The van der Waals surface area contributed by atoms with Gasteiger partial charge in [-0.3, -0.25) is 0 Å². The number of allylic oxidation sites excluding steroid dienone is 3. The molecule has 0 aromatic heterocycles. The molecule has 0 heterocycles. The fourth-order valence-electron chi connectivity index (χ4n) is 7.17. The summed E-state index contributed by atoms with van der Waals surface area (Å²) in [5.41, 5.74) is 5.57. The van der Waals surface area contributed by atoms with Crippen molar-refractivity contribution in [2.24, 2.45) is 23.2 Å². The van der Waals surface area contributed by atoms with Gasteiger partial charge in [-0.25, -0.2) is 0 Å². The summed E-state index contributed by atoms with van der Waals surface area (Å²) in [6.07, 6.45) is 17.5. The zero-order valence-electron chi connectivity index (χ0n) is 20.4. The van der Waals surface area contributed by atoms with Crippen molar-refractivity contribution >= 4 is 23.2 Å². The highest BCUT2D eigenvalue weighted by Crippen LogP contribution is 2.59. The van der Waals surface area contributed by atoms with Crippen molar-refractivity contribution in [1.29, 1.82) is 0 Å². The Hall–Kier alpha value is -1.02. The first-order valence-corrected chi connectivity index (χ1v) is 13.8. The number of aliphatic hydroxyl groups excluding tert-OH is 1. The van der Waals surface area contributed by atoms with Gasteiger partial charge in [0, 0.05) is 0 Å². The van der Waals surface area contributed by atoms with Gasteiger partial charge in [0.2, 0.25) is 0 Å². The van der Waals surface area contributed by atoms with E-state index in [4.69, 9.17) is 23.2 Å². The van der Waals surface area contributed by atoms with Crippen LogP contribution < -0.4 is 0 Å². The molecule has 0 spiro atoms. The van der Waals surface area contributed by atoms with Crippen LogP contribution >= 0.6 is 23.2 Å². The molecule has 3 aliphatic rings. The van der Waals surface area contributed by atoms with Gasteiger partial charge in [-0.05, 0) is 116 Å². The summed E-state index contributed by atoms with van der Waals surface area (Å²) in [6, 6.07) is 6.05. The first kappa shape index (κ1) is 25.1. The van der Waals surface area contributed by atoms with Crippen LogP contribution in [0.4, 0.5) is 0 Å². The number of aryl methyl sites for hydroxylation is 1. The van der Waals surface area contributed by atoms with E-state index in [0.29, 0.717) is 21.4 Å². The van der Waals surface area contributed by atoms with Crippen LogP contribution in [0.2, 0.25) is 10.0 Å². The van der Waals surface area contributed by atoms with Crippen molar-refractivity contribution in [3.63, 3.8) is 0 Å². The van der Waals surface area contributed by atoms with Gasteiger partial charge in [0.1, 0.15) is 0 Å². The van der Waals surface area contributed by atoms with E-state index >= 15 is 0 Å². The molecule has 3 heteroatoms. The molecular weight excluding hydrogens is 447 g/mol. The Labute approximate surface area is 211 Å². The lowest BCUT2D eigenvalue weighted by atomic mass is 9.60. The molecule has 3 saturated carbocycles. The van der Waals surface area contributed by atoms with E-state index in [9.17, 15) is 5.11 Å². The average molecular weight is 488 g/mol. The van der Waals surface area contributed by atoms with E-state index in [-0.39, 0.29) is 6.10 Å². The zero-order valence-corrected chi connectivity index (χ0v) is 21.9. The topological polar surface area (TPSA) is 20.2 Å². The molecule has 1 aromatic rings. The van der Waals surface area contributed by atoms with Gasteiger partial charge < -0.3 is 5.11 Å². The molecule has 3 unspecified atom stereocenters. The lowest BCUT2D eigenvalue weighted by molar-refractivity contribution is 0.0935. The van der Waals surface area contributed by atoms with Gasteiger partial charge in [0.25, 0.3) is 0 Å². The summed E-state index contributed by atoms with van der Waals surface area (Å²) in [5, 5.41) is 11.5. The smallest absolute Gasteiger partial charge is 0.0787 e. The fourth-order valence-corrected chi connectivity index (χ4v) is 7.49. The maximum absolute atomic E-state index is 10.2. The van der Waals surface area contributed by atoms with Crippen molar-refractivity contribution in [3.8, 4) is 0 Å². The normalized spacial score (nSPS) is 33.5. The largest absolute Gasteiger partial charge is 0.388 e. The van der Waals surface area contributed by atoms with Gasteiger partial charge in [0.15, 0.2) is 0 Å². The van der Waals surface area contributed by atoms with E-state index < -0.39 is 0 Å². The van der Waals surface area contributed by atoms with E-state index in [1.165, 1.54) is 56.1 Å². The minimum atomic E-state index is -0.347. The highest BCUT2D eigenvalue weighted by Gasteiger charge is 2.50. The van der Waals surface area contributed by atoms with Gasteiger partial charge in [-0.2, -0.15) is 0 Å². The summed E-state index contributed by atoms with van der Waals surface area (Å²) < 4.78 is 0. The summed E-state index contributed by atoms with van der Waals surface area (Å²) in [6.45, 7) is 9.22. The van der Waals surface area contributed by atoms with E-state index in [0.717, 1.165) is 43.1 Å². The SMILES string of the molecule is C=C1/C(=C\C=C2/CCCC3(C)C2CCC3[C@H](C)CCCc2ccc(Cl)c(Cl)c2)CCC[C@@H]1O. The third-order valence-corrected chi connectivity index (χ3v) is 9.81. The predicted octanol–water partition coefficient (Wildman–Crippen LogP) is 9.12. The fraction of sp³-hybridized carbons (Fsp3) is 0.600. The van der Waals surface area contributed by atoms with Crippen LogP contribution in [0, 0.1) is 23.2 Å². The molecule has 5 atom stereocenters. The van der Waals surface area contributed by atoms with Gasteiger partial charge in [-0.15, -0.1) is 0 Å². The Balaban J connectivity index is 1.39. The highest BCUT2D eigenvalue weighted by molar-refractivity contribution is 6.42. The maximum atomic E-state index is 10.2. The quantitative estimate of drug-likeness (QED) is 0.424. The lowest BCUT2D eigenvalue weighted by Gasteiger charge is -2.44. The van der Waals surface area contributed by atoms with Crippen molar-refractivity contribution < 1.29 is 5.11 Å². The van der Waals surface area contributed by atoms with Crippen LogP contribution in [0.1, 0.15) is 83.6 Å². The van der Waals surface area contributed by atoms with E-state index in [1.807, 2.05) is 12.1 Å². The molecule has 1 aromatic carbocycles. The minimum Gasteiger partial charge on any atom is -0.388 e. The van der Waals surface area contributed by atoms with Crippen LogP contribution in [-0.2, 0) is 6.42 Å². The van der Waals surface area contributed by atoms with Crippen LogP contribution in [0.25, 0.3) is 0 Å². The van der Waals surface area contributed by atoms with Crippen molar-refractivity contribution in [1.82, 2.24) is 0 Å². The van der Waals surface area contributed by atoms with Gasteiger partial charge >= 0.3 is 0 Å². The van der Waals surface area contributed by atoms with E-state index in [1.54, 1.807) is 5.57 Å². The Kier molecular flexibility index (Phi) is 8.14. The number of halogens is 2. The number of fused-ring (bicyclic) bond motifs is 1. The van der Waals surface area contributed by atoms with Gasteiger partial charge in [0.05, 0.1) is 16.1 Å². The van der Waals surface area contributed by atoms with Crippen LogP contribution in [-0.4, -0.2) is 11.2 Å². The second-order valence-corrected chi connectivity index (χ2v) is 11.9. The Morgan fingerprint density at radius 3 is 2.73 bits per heavy atom. The molecule has 1 nitrogen and oxygen atoms in total. The second-order valence-electron chi connectivity index (χ2n) is 11.1. The molecule has 0 saturated heterocycles. The third kappa shape index (κ3) is 5.47. The maximum Gasteiger partial charge on any atom is 0.0787 e. The molecule has 4 rings (SSSR count).